The first-order valence-corrected chi connectivity index (χ1v) is 5.00. The normalized spacial score (nSPS) is 10.4. The number of aromatic nitrogens is 2. The van der Waals surface area contributed by atoms with Crippen LogP contribution in [0.4, 0.5) is 5.82 Å². The van der Waals surface area contributed by atoms with E-state index in [2.05, 4.69) is 5.10 Å². The second-order valence-electron chi connectivity index (χ2n) is 3.66. The first kappa shape index (κ1) is 10.4. The fourth-order valence-electron chi connectivity index (χ4n) is 1.69. The highest BCUT2D eigenvalue weighted by Crippen LogP contribution is 2.19. The van der Waals surface area contributed by atoms with Gasteiger partial charge in [0, 0.05) is 12.6 Å². The lowest BCUT2D eigenvalue weighted by molar-refractivity contribution is 0.103. The van der Waals surface area contributed by atoms with Crippen molar-refractivity contribution in [3.63, 3.8) is 0 Å². The minimum atomic E-state index is -0.0799. The van der Waals surface area contributed by atoms with Crippen molar-refractivity contribution in [2.45, 2.75) is 6.92 Å². The van der Waals surface area contributed by atoms with Crippen molar-refractivity contribution in [2.24, 2.45) is 7.05 Å². The van der Waals surface area contributed by atoms with Crippen molar-refractivity contribution < 1.29 is 4.79 Å². The monoisotopic (exact) mass is 215 g/mol. The highest BCUT2D eigenvalue weighted by Gasteiger charge is 2.19. The highest BCUT2D eigenvalue weighted by molar-refractivity contribution is 6.12. The summed E-state index contributed by atoms with van der Waals surface area (Å²) in [4.78, 5) is 12.2. The number of carbonyl (C=O) groups is 1. The molecule has 82 valence electrons. The SMILES string of the molecule is Cc1nn(C)c(N)c1C(=O)c1ccccc1. The van der Waals surface area contributed by atoms with Crippen LogP contribution >= 0.6 is 0 Å². The molecule has 0 spiro atoms. The summed E-state index contributed by atoms with van der Waals surface area (Å²) in [6.07, 6.45) is 0. The zero-order chi connectivity index (χ0) is 11.7. The lowest BCUT2D eigenvalue weighted by Gasteiger charge is -2.01. The average molecular weight is 215 g/mol. The summed E-state index contributed by atoms with van der Waals surface area (Å²) >= 11 is 0. The molecule has 0 amide bonds. The Labute approximate surface area is 93.7 Å². The van der Waals surface area contributed by atoms with Crippen molar-refractivity contribution in [1.29, 1.82) is 0 Å². The molecule has 0 radical (unpaired) electrons. The molecule has 2 aromatic rings. The zero-order valence-electron chi connectivity index (χ0n) is 9.27. The molecule has 0 saturated carbocycles. The number of nitrogens with two attached hydrogens (primary N) is 1. The minimum Gasteiger partial charge on any atom is -0.383 e. The van der Waals surface area contributed by atoms with E-state index in [1.807, 2.05) is 18.2 Å². The summed E-state index contributed by atoms with van der Waals surface area (Å²) in [5.74, 6) is 0.329. The number of nitrogens with zero attached hydrogens (tertiary/aromatic N) is 2. The molecule has 0 aliphatic heterocycles. The van der Waals surface area contributed by atoms with Crippen molar-refractivity contribution in [3.8, 4) is 0 Å². The van der Waals surface area contributed by atoms with Gasteiger partial charge < -0.3 is 5.73 Å². The summed E-state index contributed by atoms with van der Waals surface area (Å²) in [6.45, 7) is 1.78. The topological polar surface area (TPSA) is 60.9 Å². The molecule has 0 aliphatic carbocycles. The van der Waals surface area contributed by atoms with E-state index < -0.39 is 0 Å². The molecule has 0 unspecified atom stereocenters. The number of aryl methyl sites for hydroxylation is 2. The number of nitrogen functional groups attached to an aromatic ring is 1. The number of hydrogen-bond donors (Lipinski definition) is 1. The number of benzene rings is 1. The van der Waals surface area contributed by atoms with E-state index in [0.29, 0.717) is 22.6 Å². The van der Waals surface area contributed by atoms with Crippen molar-refractivity contribution in [2.75, 3.05) is 5.73 Å². The average Bonchev–Trinajstić information content (AvgIpc) is 2.54. The largest absolute Gasteiger partial charge is 0.383 e. The Morgan fingerprint density at radius 1 is 1.31 bits per heavy atom. The van der Waals surface area contributed by atoms with Crippen molar-refractivity contribution in [1.82, 2.24) is 9.78 Å². The molecule has 0 saturated heterocycles. The quantitative estimate of drug-likeness (QED) is 0.773. The molecule has 0 aliphatic rings. The summed E-state index contributed by atoms with van der Waals surface area (Å²) < 4.78 is 1.52. The molecular weight excluding hydrogens is 202 g/mol. The Morgan fingerprint density at radius 3 is 2.44 bits per heavy atom. The second-order valence-corrected chi connectivity index (χ2v) is 3.66. The summed E-state index contributed by atoms with van der Waals surface area (Å²) in [6, 6.07) is 9.07. The van der Waals surface area contributed by atoms with E-state index in [1.165, 1.54) is 4.68 Å². The Bertz CT molecular complexity index is 529. The van der Waals surface area contributed by atoms with Gasteiger partial charge in [-0.05, 0) is 6.92 Å². The van der Waals surface area contributed by atoms with Crippen LogP contribution < -0.4 is 5.73 Å². The predicted molar refractivity (Wildman–Crippen MR) is 62.2 cm³/mol. The fourth-order valence-corrected chi connectivity index (χ4v) is 1.69. The Balaban J connectivity index is 2.50. The Hall–Kier alpha value is -2.10. The van der Waals surface area contributed by atoms with E-state index >= 15 is 0 Å². The van der Waals surface area contributed by atoms with E-state index in [1.54, 1.807) is 26.1 Å². The van der Waals surface area contributed by atoms with Crippen LogP contribution in [0.2, 0.25) is 0 Å². The molecule has 4 nitrogen and oxygen atoms in total. The molecular formula is C12H13N3O. The number of anilines is 1. The highest BCUT2D eigenvalue weighted by atomic mass is 16.1. The fraction of sp³-hybridized carbons (Fsp3) is 0.167. The Kier molecular flexibility index (Phi) is 2.48. The maximum Gasteiger partial charge on any atom is 0.198 e. The molecule has 0 bridgehead atoms. The van der Waals surface area contributed by atoms with E-state index in [-0.39, 0.29) is 5.78 Å². The van der Waals surface area contributed by atoms with Crippen molar-refractivity contribution >= 4 is 11.6 Å². The van der Waals surface area contributed by atoms with Crippen LogP contribution in [0, 0.1) is 6.92 Å². The van der Waals surface area contributed by atoms with Gasteiger partial charge in [-0.2, -0.15) is 5.10 Å². The van der Waals surface area contributed by atoms with Crippen LogP contribution in [-0.2, 0) is 7.05 Å². The van der Waals surface area contributed by atoms with Crippen LogP contribution in [0.5, 0.6) is 0 Å². The van der Waals surface area contributed by atoms with Crippen LogP contribution in [0.1, 0.15) is 21.6 Å². The lowest BCUT2D eigenvalue weighted by atomic mass is 10.0. The molecule has 2 N–H and O–H groups in total. The van der Waals surface area contributed by atoms with E-state index in [0.717, 1.165) is 0 Å². The summed E-state index contributed by atoms with van der Waals surface area (Å²) in [5.41, 5.74) is 7.61. The standard InChI is InChI=1S/C12H13N3O/c1-8-10(12(13)15(2)14-8)11(16)9-6-4-3-5-7-9/h3-7H,13H2,1-2H3. The third-order valence-electron chi connectivity index (χ3n) is 2.53. The lowest BCUT2D eigenvalue weighted by Crippen LogP contribution is -2.06. The molecule has 0 fully saturated rings. The molecule has 4 heteroatoms. The number of carbonyl (C=O) groups excluding carboxylic acids is 1. The maximum atomic E-state index is 12.2. The zero-order valence-corrected chi connectivity index (χ0v) is 9.27. The molecule has 2 rings (SSSR count). The van der Waals surface area contributed by atoms with Gasteiger partial charge in [-0.3, -0.25) is 9.48 Å². The van der Waals surface area contributed by atoms with Gasteiger partial charge in [0.15, 0.2) is 5.78 Å². The number of rotatable bonds is 2. The number of ketones is 1. The number of hydrogen-bond acceptors (Lipinski definition) is 3. The maximum absolute atomic E-state index is 12.2. The van der Waals surface area contributed by atoms with E-state index in [9.17, 15) is 4.79 Å². The molecule has 0 atom stereocenters. The molecule has 1 heterocycles. The van der Waals surface area contributed by atoms with E-state index in [4.69, 9.17) is 5.73 Å². The van der Waals surface area contributed by atoms with Crippen LogP contribution in [-0.4, -0.2) is 15.6 Å². The van der Waals surface area contributed by atoms with Gasteiger partial charge in [0.1, 0.15) is 5.82 Å². The third-order valence-corrected chi connectivity index (χ3v) is 2.53. The smallest absolute Gasteiger partial charge is 0.198 e. The third kappa shape index (κ3) is 1.58. The first-order valence-electron chi connectivity index (χ1n) is 5.00. The molecule has 16 heavy (non-hydrogen) atoms. The predicted octanol–water partition coefficient (Wildman–Crippen LogP) is 1.54. The minimum absolute atomic E-state index is 0.0799. The van der Waals surface area contributed by atoms with Crippen molar-refractivity contribution in [3.05, 3.63) is 47.2 Å². The van der Waals surface area contributed by atoms with Gasteiger partial charge in [0.05, 0.1) is 11.3 Å². The van der Waals surface area contributed by atoms with Gasteiger partial charge >= 0.3 is 0 Å². The van der Waals surface area contributed by atoms with Gasteiger partial charge in [-0.1, -0.05) is 30.3 Å². The van der Waals surface area contributed by atoms with Gasteiger partial charge in [-0.15, -0.1) is 0 Å². The van der Waals surface area contributed by atoms with Crippen LogP contribution in [0.25, 0.3) is 0 Å². The second kappa shape index (κ2) is 3.81. The van der Waals surface area contributed by atoms with Gasteiger partial charge in [0.25, 0.3) is 0 Å². The molecule has 1 aromatic heterocycles. The summed E-state index contributed by atoms with van der Waals surface area (Å²) in [5, 5.41) is 4.13. The summed E-state index contributed by atoms with van der Waals surface area (Å²) in [7, 11) is 1.73. The van der Waals surface area contributed by atoms with Gasteiger partial charge in [-0.25, -0.2) is 0 Å². The van der Waals surface area contributed by atoms with Crippen LogP contribution in [0.3, 0.4) is 0 Å². The van der Waals surface area contributed by atoms with Crippen LogP contribution in [0.15, 0.2) is 30.3 Å². The van der Waals surface area contributed by atoms with Gasteiger partial charge in [0.2, 0.25) is 0 Å². The first-order chi connectivity index (χ1) is 7.61. The Morgan fingerprint density at radius 2 is 1.94 bits per heavy atom. The molecule has 1 aromatic carbocycles.